The van der Waals surface area contributed by atoms with Crippen LogP contribution in [0.1, 0.15) is 0 Å². The summed E-state index contributed by atoms with van der Waals surface area (Å²) < 4.78 is 0. The summed E-state index contributed by atoms with van der Waals surface area (Å²) in [7, 11) is 0.667. The SMILES string of the molecule is CP=N.[Y].[Y]. The molecule has 24 valence electrons. The Morgan fingerprint density at radius 3 is 1.40 bits per heavy atom. The zero-order valence-electron chi connectivity index (χ0n) is 3.10. The van der Waals surface area contributed by atoms with E-state index < -0.39 is 0 Å². The zero-order chi connectivity index (χ0) is 2.71. The minimum atomic E-state index is 0. The number of nitrogens with one attached hydrogen (secondary N) is 1. The molecule has 0 aromatic carbocycles. The van der Waals surface area contributed by atoms with Crippen molar-refractivity contribution < 1.29 is 65.4 Å². The first kappa shape index (κ1) is 15.7. The molecule has 0 spiro atoms. The van der Waals surface area contributed by atoms with E-state index in [1.165, 1.54) is 0 Å². The molecule has 0 fully saturated rings. The van der Waals surface area contributed by atoms with E-state index >= 15 is 0 Å². The maximum absolute atomic E-state index is 6.18. The van der Waals surface area contributed by atoms with Gasteiger partial charge >= 0.3 is 0 Å². The molecule has 0 aliphatic rings. The summed E-state index contributed by atoms with van der Waals surface area (Å²) in [6, 6.07) is 0. The van der Waals surface area contributed by atoms with Crippen LogP contribution in [0.25, 0.3) is 0 Å². The standard InChI is InChI=1S/CH4NP.2Y/c1-3-2;;/h2H,1H3;;. The summed E-state index contributed by atoms with van der Waals surface area (Å²) in [5, 5.41) is 6.18. The second-order valence-electron chi connectivity index (χ2n) is 0.224. The molecule has 0 aliphatic carbocycles. The Hall–Kier alpha value is 2.31. The smallest absolute Gasteiger partial charge is 0 e. The minimum absolute atomic E-state index is 0. The fourth-order valence-corrected chi connectivity index (χ4v) is 0. The van der Waals surface area contributed by atoms with Gasteiger partial charge in [-0.3, -0.25) is 5.16 Å². The second kappa shape index (κ2) is 16.2. The molecule has 0 aromatic heterocycles. The topological polar surface area (TPSA) is 23.9 Å². The van der Waals surface area contributed by atoms with Crippen molar-refractivity contribution in [1.82, 2.24) is 0 Å². The normalized spacial score (nSPS) is 4.20. The monoisotopic (exact) mass is 239 g/mol. The van der Waals surface area contributed by atoms with Crippen molar-refractivity contribution in [3.8, 4) is 0 Å². The molecule has 4 heteroatoms. The average molecular weight is 239 g/mol. The molecular weight excluding hydrogens is 235 g/mol. The van der Waals surface area contributed by atoms with Crippen LogP contribution in [0.3, 0.4) is 0 Å². The van der Waals surface area contributed by atoms with Crippen molar-refractivity contribution in [3.05, 3.63) is 0 Å². The number of hydrogen-bond acceptors (Lipinski definition) is 1. The molecule has 0 aromatic rings. The second-order valence-corrected chi connectivity index (χ2v) is 0.671. The van der Waals surface area contributed by atoms with E-state index in [4.69, 9.17) is 5.16 Å². The Bertz CT molecular complexity index is 17.1. The van der Waals surface area contributed by atoms with E-state index in [2.05, 4.69) is 0 Å². The molecule has 1 N–H and O–H groups in total. The molecule has 0 amide bonds. The van der Waals surface area contributed by atoms with Crippen LogP contribution in [0.5, 0.6) is 0 Å². The van der Waals surface area contributed by atoms with Gasteiger partial charge in [-0.15, -0.1) is 0 Å². The summed E-state index contributed by atoms with van der Waals surface area (Å²) in [4.78, 5) is 0. The molecule has 0 heterocycles. The van der Waals surface area contributed by atoms with Crippen molar-refractivity contribution in [2.75, 3.05) is 6.66 Å². The van der Waals surface area contributed by atoms with E-state index in [0.29, 0.717) is 8.37 Å². The van der Waals surface area contributed by atoms with Crippen molar-refractivity contribution >= 4 is 8.37 Å². The molecule has 0 aliphatic heterocycles. The van der Waals surface area contributed by atoms with Crippen LogP contribution in [0.4, 0.5) is 0 Å². The van der Waals surface area contributed by atoms with Crippen LogP contribution in [0.2, 0.25) is 0 Å². The zero-order valence-corrected chi connectivity index (χ0v) is 9.67. The summed E-state index contributed by atoms with van der Waals surface area (Å²) in [5.41, 5.74) is 0. The average Bonchev–Trinajstić information content (AvgIpc) is 0.918. The van der Waals surface area contributed by atoms with Crippen molar-refractivity contribution in [2.24, 2.45) is 0 Å². The Labute approximate surface area is 84.1 Å². The Kier molecular flexibility index (Phi) is 50.9. The third kappa shape index (κ3) is 22.0. The first-order chi connectivity index (χ1) is 1.41. The number of rotatable bonds is 0. The first-order valence-corrected chi connectivity index (χ1v) is 2.01. The van der Waals surface area contributed by atoms with Gasteiger partial charge in [0.25, 0.3) is 0 Å². The van der Waals surface area contributed by atoms with Gasteiger partial charge in [0.15, 0.2) is 0 Å². The van der Waals surface area contributed by atoms with Gasteiger partial charge < -0.3 is 0 Å². The largest absolute Gasteiger partial charge is 0.284 e. The predicted molar refractivity (Wildman–Crippen MR) is 15.6 cm³/mol. The van der Waals surface area contributed by atoms with Gasteiger partial charge in [-0.25, -0.2) is 0 Å². The Morgan fingerprint density at radius 2 is 1.40 bits per heavy atom. The van der Waals surface area contributed by atoms with Gasteiger partial charge in [-0.05, 0) is 15.0 Å². The molecule has 1 nitrogen and oxygen atoms in total. The number of hydrogen-bond donors (Lipinski definition) is 1. The van der Waals surface area contributed by atoms with E-state index in [9.17, 15) is 0 Å². The molecule has 5 heavy (non-hydrogen) atoms. The van der Waals surface area contributed by atoms with Gasteiger partial charge in [0.1, 0.15) is 0 Å². The Balaban J connectivity index is -0.0000000200. The fourth-order valence-electron chi connectivity index (χ4n) is 0. The van der Waals surface area contributed by atoms with Crippen LogP contribution in [-0.4, -0.2) is 6.66 Å². The fraction of sp³-hybridized carbons (Fsp3) is 1.00. The molecule has 0 rings (SSSR count). The first-order valence-electron chi connectivity index (χ1n) is 0.671. The quantitative estimate of drug-likeness (QED) is 0.616. The van der Waals surface area contributed by atoms with Gasteiger partial charge in [-0.1, -0.05) is 0 Å². The van der Waals surface area contributed by atoms with Crippen LogP contribution in [-0.2, 0) is 65.4 Å². The molecule has 0 unspecified atom stereocenters. The van der Waals surface area contributed by atoms with Crippen LogP contribution >= 0.6 is 8.37 Å². The summed E-state index contributed by atoms with van der Waals surface area (Å²) in [5.74, 6) is 0. The van der Waals surface area contributed by atoms with Gasteiger partial charge in [0.2, 0.25) is 0 Å². The van der Waals surface area contributed by atoms with Crippen LogP contribution < -0.4 is 0 Å². The maximum atomic E-state index is 6.18. The summed E-state index contributed by atoms with van der Waals surface area (Å²) in [6.45, 7) is 1.76. The van der Waals surface area contributed by atoms with Crippen molar-refractivity contribution in [1.29, 1.82) is 5.16 Å². The molecule has 0 saturated carbocycles. The Morgan fingerprint density at radius 1 is 1.40 bits per heavy atom. The van der Waals surface area contributed by atoms with E-state index in [0.717, 1.165) is 0 Å². The van der Waals surface area contributed by atoms with Crippen molar-refractivity contribution in [2.45, 2.75) is 0 Å². The molecule has 0 saturated heterocycles. The van der Waals surface area contributed by atoms with Gasteiger partial charge in [-0.2, -0.15) is 0 Å². The van der Waals surface area contributed by atoms with E-state index in [1.807, 2.05) is 0 Å². The predicted octanol–water partition coefficient (Wildman–Crippen LogP) is 1.32. The van der Waals surface area contributed by atoms with Crippen molar-refractivity contribution in [3.63, 3.8) is 0 Å². The third-order valence-electron chi connectivity index (χ3n) is 0. The van der Waals surface area contributed by atoms with E-state index in [1.54, 1.807) is 6.66 Å². The maximum Gasteiger partial charge on any atom is 0 e. The van der Waals surface area contributed by atoms with Crippen LogP contribution in [0, 0.1) is 5.16 Å². The molecule has 0 atom stereocenters. The van der Waals surface area contributed by atoms with Gasteiger partial charge in [0, 0.05) is 65.4 Å². The minimum Gasteiger partial charge on any atom is -0.284 e. The molecule has 0 bridgehead atoms. The molecular formula is CH4NPY2. The van der Waals surface area contributed by atoms with Gasteiger partial charge in [0.05, 0.1) is 0 Å². The third-order valence-corrected chi connectivity index (χ3v) is 0. The summed E-state index contributed by atoms with van der Waals surface area (Å²) >= 11 is 0. The summed E-state index contributed by atoms with van der Waals surface area (Å²) in [6.07, 6.45) is 0. The molecule has 2 radical (unpaired) electrons. The van der Waals surface area contributed by atoms with E-state index in [-0.39, 0.29) is 65.4 Å². The van der Waals surface area contributed by atoms with Crippen LogP contribution in [0.15, 0.2) is 0 Å².